The molecule has 7 nitrogen and oxygen atoms in total. The molecule has 114 valence electrons. The molecule has 0 amide bonds. The van der Waals surface area contributed by atoms with Crippen LogP contribution in [-0.4, -0.2) is 33.3 Å². The first-order chi connectivity index (χ1) is 9.21. The lowest BCUT2D eigenvalue weighted by Gasteiger charge is -2.30. The quantitative estimate of drug-likeness (QED) is 0.688. The fourth-order valence-electron chi connectivity index (χ4n) is 2.14. The monoisotopic (exact) mass is 284 g/mol. The summed E-state index contributed by atoms with van der Waals surface area (Å²) in [5.74, 6) is 0.145. The standard InChI is InChI=1S/C13H24N4O3/c1-5-7-17-10(14)9(11(18)15-12(17)19)16(6-2)8-13(3,4)20/h20H,5-8,14H2,1-4H3,(H,15,18,19). The van der Waals surface area contributed by atoms with E-state index in [1.54, 1.807) is 18.7 Å². The number of hydrogen-bond acceptors (Lipinski definition) is 5. The maximum Gasteiger partial charge on any atom is 0.330 e. The summed E-state index contributed by atoms with van der Waals surface area (Å²) < 4.78 is 1.35. The van der Waals surface area contributed by atoms with Crippen LogP contribution in [0.4, 0.5) is 11.5 Å². The predicted molar refractivity (Wildman–Crippen MR) is 80.2 cm³/mol. The van der Waals surface area contributed by atoms with Gasteiger partial charge in [0.2, 0.25) is 0 Å². The van der Waals surface area contributed by atoms with E-state index in [1.165, 1.54) is 4.57 Å². The molecule has 0 bridgehead atoms. The Labute approximate surface area is 118 Å². The molecular formula is C13H24N4O3. The van der Waals surface area contributed by atoms with Crippen LogP contribution in [0.2, 0.25) is 0 Å². The van der Waals surface area contributed by atoms with Gasteiger partial charge in [0.15, 0.2) is 0 Å². The zero-order valence-electron chi connectivity index (χ0n) is 12.6. The first kappa shape index (κ1) is 16.3. The van der Waals surface area contributed by atoms with E-state index in [0.717, 1.165) is 6.42 Å². The zero-order chi connectivity index (χ0) is 15.5. The number of aliphatic hydroxyl groups is 1. The van der Waals surface area contributed by atoms with Crippen LogP contribution in [0.15, 0.2) is 9.59 Å². The Morgan fingerprint density at radius 2 is 1.95 bits per heavy atom. The summed E-state index contributed by atoms with van der Waals surface area (Å²) in [6, 6.07) is 0. The van der Waals surface area contributed by atoms with Crippen molar-refractivity contribution < 1.29 is 5.11 Å². The van der Waals surface area contributed by atoms with E-state index in [4.69, 9.17) is 5.73 Å². The van der Waals surface area contributed by atoms with Gasteiger partial charge in [0.1, 0.15) is 11.5 Å². The molecule has 0 spiro atoms. The minimum Gasteiger partial charge on any atom is -0.389 e. The van der Waals surface area contributed by atoms with E-state index in [-0.39, 0.29) is 18.1 Å². The molecule has 0 aliphatic heterocycles. The highest BCUT2D eigenvalue weighted by molar-refractivity contribution is 5.62. The van der Waals surface area contributed by atoms with Gasteiger partial charge in [-0.05, 0) is 27.2 Å². The van der Waals surface area contributed by atoms with E-state index in [1.807, 2.05) is 13.8 Å². The van der Waals surface area contributed by atoms with E-state index in [2.05, 4.69) is 4.98 Å². The fraction of sp³-hybridized carbons (Fsp3) is 0.692. The van der Waals surface area contributed by atoms with E-state index < -0.39 is 16.9 Å². The normalized spacial score (nSPS) is 11.7. The van der Waals surface area contributed by atoms with Crippen LogP contribution in [-0.2, 0) is 6.54 Å². The number of aromatic nitrogens is 2. The third-order valence-electron chi connectivity index (χ3n) is 2.94. The number of nitrogens with zero attached hydrogens (tertiary/aromatic N) is 2. The van der Waals surface area contributed by atoms with Crippen LogP contribution in [0.25, 0.3) is 0 Å². The van der Waals surface area contributed by atoms with Crippen LogP contribution in [0, 0.1) is 0 Å². The second-order valence-corrected chi connectivity index (χ2v) is 5.47. The number of likely N-dealkylation sites (N-methyl/N-ethyl adjacent to an activating group) is 1. The van der Waals surface area contributed by atoms with Crippen LogP contribution >= 0.6 is 0 Å². The van der Waals surface area contributed by atoms with Gasteiger partial charge in [-0.15, -0.1) is 0 Å². The van der Waals surface area contributed by atoms with E-state index in [9.17, 15) is 14.7 Å². The first-order valence-corrected chi connectivity index (χ1v) is 6.81. The molecule has 0 saturated heterocycles. The van der Waals surface area contributed by atoms with Crippen LogP contribution in [0.3, 0.4) is 0 Å². The summed E-state index contributed by atoms with van der Waals surface area (Å²) in [5.41, 5.74) is 4.23. The van der Waals surface area contributed by atoms with Gasteiger partial charge in [-0.1, -0.05) is 6.92 Å². The maximum atomic E-state index is 12.0. The molecule has 1 heterocycles. The van der Waals surface area contributed by atoms with Crippen molar-refractivity contribution in [2.75, 3.05) is 23.7 Å². The lowest BCUT2D eigenvalue weighted by molar-refractivity contribution is 0.0875. The summed E-state index contributed by atoms with van der Waals surface area (Å²) in [6.07, 6.45) is 0.729. The highest BCUT2D eigenvalue weighted by atomic mass is 16.3. The molecule has 0 fully saturated rings. The van der Waals surface area contributed by atoms with Crippen LogP contribution < -0.4 is 21.9 Å². The molecule has 0 aliphatic carbocycles. The zero-order valence-corrected chi connectivity index (χ0v) is 12.6. The molecule has 0 aliphatic rings. The number of hydrogen-bond donors (Lipinski definition) is 3. The molecule has 0 unspecified atom stereocenters. The van der Waals surface area contributed by atoms with Crippen molar-refractivity contribution in [1.82, 2.24) is 9.55 Å². The number of rotatable bonds is 6. The Morgan fingerprint density at radius 3 is 2.40 bits per heavy atom. The third-order valence-corrected chi connectivity index (χ3v) is 2.94. The number of nitrogens with two attached hydrogens (primary N) is 1. The minimum atomic E-state index is -0.972. The van der Waals surface area contributed by atoms with Gasteiger partial charge in [-0.2, -0.15) is 0 Å². The average molecular weight is 284 g/mol. The number of aromatic amines is 1. The average Bonchev–Trinajstić information content (AvgIpc) is 2.31. The largest absolute Gasteiger partial charge is 0.389 e. The van der Waals surface area contributed by atoms with Crippen molar-refractivity contribution in [3.8, 4) is 0 Å². The summed E-state index contributed by atoms with van der Waals surface area (Å²) in [7, 11) is 0. The summed E-state index contributed by atoms with van der Waals surface area (Å²) in [5, 5.41) is 9.93. The molecule has 7 heteroatoms. The van der Waals surface area contributed by atoms with Gasteiger partial charge in [0.25, 0.3) is 5.56 Å². The SMILES string of the molecule is CCCn1c(N)c(N(CC)CC(C)(C)O)c(=O)[nH]c1=O. The van der Waals surface area contributed by atoms with E-state index >= 15 is 0 Å². The van der Waals surface area contributed by atoms with Crippen molar-refractivity contribution in [3.05, 3.63) is 20.8 Å². The number of H-pyrrole nitrogens is 1. The fourth-order valence-corrected chi connectivity index (χ4v) is 2.14. The molecule has 0 aromatic carbocycles. The topological polar surface area (TPSA) is 104 Å². The molecule has 4 N–H and O–H groups in total. The molecule has 1 aromatic heterocycles. The maximum absolute atomic E-state index is 12.0. The third kappa shape index (κ3) is 3.63. The number of nitrogen functional groups attached to an aromatic ring is 1. The van der Waals surface area contributed by atoms with Crippen molar-refractivity contribution in [2.45, 2.75) is 46.3 Å². The molecule has 1 rings (SSSR count). The van der Waals surface area contributed by atoms with Gasteiger partial charge in [0, 0.05) is 19.6 Å². The lowest BCUT2D eigenvalue weighted by Crippen LogP contribution is -2.44. The lowest BCUT2D eigenvalue weighted by atomic mass is 10.1. The highest BCUT2D eigenvalue weighted by Crippen LogP contribution is 2.19. The smallest absolute Gasteiger partial charge is 0.330 e. The van der Waals surface area contributed by atoms with Crippen molar-refractivity contribution >= 4 is 11.5 Å². The molecule has 0 atom stereocenters. The van der Waals surface area contributed by atoms with Gasteiger partial charge in [-0.3, -0.25) is 14.3 Å². The molecule has 0 saturated carbocycles. The predicted octanol–water partition coefficient (Wildman–Crippen LogP) is 0.126. The summed E-state index contributed by atoms with van der Waals surface area (Å²) in [6.45, 7) is 8.28. The highest BCUT2D eigenvalue weighted by Gasteiger charge is 2.23. The Bertz CT molecular complexity index is 568. The van der Waals surface area contributed by atoms with Gasteiger partial charge < -0.3 is 15.7 Å². The van der Waals surface area contributed by atoms with Gasteiger partial charge in [-0.25, -0.2) is 4.79 Å². The van der Waals surface area contributed by atoms with Crippen molar-refractivity contribution in [2.24, 2.45) is 0 Å². The van der Waals surface area contributed by atoms with E-state index in [0.29, 0.717) is 13.1 Å². The van der Waals surface area contributed by atoms with Crippen LogP contribution in [0.5, 0.6) is 0 Å². The van der Waals surface area contributed by atoms with Gasteiger partial charge >= 0.3 is 5.69 Å². The van der Waals surface area contributed by atoms with Crippen molar-refractivity contribution in [3.63, 3.8) is 0 Å². The number of nitrogens with one attached hydrogen (secondary N) is 1. The second kappa shape index (κ2) is 6.13. The number of anilines is 2. The second-order valence-electron chi connectivity index (χ2n) is 5.47. The summed E-state index contributed by atoms with van der Waals surface area (Å²) >= 11 is 0. The molecule has 0 radical (unpaired) electrons. The Hall–Kier alpha value is -1.76. The summed E-state index contributed by atoms with van der Waals surface area (Å²) in [4.78, 5) is 27.8. The molecule has 20 heavy (non-hydrogen) atoms. The Balaban J connectivity index is 3.39. The minimum absolute atomic E-state index is 0.145. The molecular weight excluding hydrogens is 260 g/mol. The Kier molecular flexibility index (Phi) is 4.99. The molecule has 1 aromatic rings. The van der Waals surface area contributed by atoms with Gasteiger partial charge in [0.05, 0.1) is 5.60 Å². The first-order valence-electron chi connectivity index (χ1n) is 6.81. The van der Waals surface area contributed by atoms with Crippen molar-refractivity contribution in [1.29, 1.82) is 0 Å². The van der Waals surface area contributed by atoms with Crippen LogP contribution in [0.1, 0.15) is 34.1 Å². The Morgan fingerprint density at radius 1 is 1.35 bits per heavy atom.